The molecule has 2 aliphatic carbocycles. The van der Waals surface area contributed by atoms with Gasteiger partial charge in [0.15, 0.2) is 43.8 Å². The Morgan fingerprint density at radius 1 is 0.538 bits per heavy atom. The van der Waals surface area contributed by atoms with E-state index in [2.05, 4.69) is 44.5 Å². The molecule has 9 aliphatic rings. The quantitative estimate of drug-likeness (QED) is 0.0459. The van der Waals surface area contributed by atoms with E-state index < -0.39 is 252 Å². The van der Waals surface area contributed by atoms with Gasteiger partial charge in [-0.05, 0) is 43.9 Å². The number of benzene rings is 2. The summed E-state index contributed by atoms with van der Waals surface area (Å²) in [7, 11) is 17.0. The molecule has 42 heteroatoms. The third kappa shape index (κ3) is 19.7. The summed E-state index contributed by atoms with van der Waals surface area (Å²) in [5.74, 6) is -1.10. The predicted octanol–water partition coefficient (Wildman–Crippen LogP) is -10.2. The Hall–Kier alpha value is -5.10. The molecule has 7 saturated heterocycles. The van der Waals surface area contributed by atoms with Gasteiger partial charge in [-0.15, -0.1) is 0 Å². The van der Waals surface area contributed by atoms with E-state index in [1.165, 1.54) is 19.0 Å². The maximum atomic E-state index is 13.2. The van der Waals surface area contributed by atoms with Gasteiger partial charge < -0.3 is 168 Å². The van der Waals surface area contributed by atoms with Crippen molar-refractivity contribution in [3.63, 3.8) is 0 Å². The average Bonchev–Trinajstić information content (AvgIpc) is 1.34. The normalized spacial score (nSPS) is 42.5. The minimum atomic E-state index is -1.67. The Bertz CT molecular complexity index is 3040. The van der Waals surface area contributed by atoms with Crippen molar-refractivity contribution < 1.29 is 137 Å². The molecule has 2 aromatic rings. The van der Waals surface area contributed by atoms with Gasteiger partial charge in [0.05, 0.1) is 74.3 Å². The van der Waals surface area contributed by atoms with Crippen molar-refractivity contribution in [1.82, 2.24) is 26.2 Å². The number of fused-ring (bicyclic) bond motifs is 4. The van der Waals surface area contributed by atoms with Crippen LogP contribution in [0.4, 0.5) is 14.4 Å². The second-order valence-electron chi connectivity index (χ2n) is 27.1. The Kier molecular flexibility index (Phi) is 29.8. The van der Waals surface area contributed by atoms with E-state index in [0.29, 0.717) is 0 Å². The second kappa shape index (κ2) is 37.3. The third-order valence-corrected chi connectivity index (χ3v) is 19.7. The first-order valence-corrected chi connectivity index (χ1v) is 34.2. The minimum Gasteiger partial charge on any atom is -0.445 e. The van der Waals surface area contributed by atoms with Crippen LogP contribution in [0.2, 0.25) is 0 Å². The van der Waals surface area contributed by atoms with Gasteiger partial charge >= 0.3 is 18.3 Å². The molecule has 38 nitrogen and oxygen atoms in total. The van der Waals surface area contributed by atoms with E-state index in [0.717, 1.165) is 11.1 Å². The van der Waals surface area contributed by atoms with Crippen molar-refractivity contribution in [1.29, 1.82) is 0 Å². The average molecular weight is 1470 g/mol. The van der Waals surface area contributed by atoms with E-state index in [4.69, 9.17) is 90.2 Å². The number of hydrogen-bond acceptors (Lipinski definition) is 34. The lowest BCUT2D eigenvalue weighted by Gasteiger charge is -2.51. The fourth-order valence-electron chi connectivity index (χ4n) is 14.0. The highest BCUT2D eigenvalue weighted by Crippen LogP contribution is 2.43. The van der Waals surface area contributed by atoms with E-state index in [-0.39, 0.29) is 45.4 Å². The van der Waals surface area contributed by atoms with Gasteiger partial charge in [-0.3, -0.25) is 9.69 Å². The standard InChI is InChI=1S/C39H52N4O16.C23H44N6O12.B4/c1-18-13-23-32(33-26(43(2)39(51)58-33)35(54-23)59-36-30(48)28(46)25(40)24(15-44)55-36)57-34(18)56-31-22(42-38(50)53-17-20-11-7-4-8-12-20)14-21(27(45)29(31)47)41-37(49)52-16-19-9-5-3-6-10-19;1-28-13-16(34)20-9(3-8(27)21(40-20)39-19-7(26)2-6(25)14(32)17(19)35)37-22(13)41-23-18(36)15(33)12(10(5-30)38-23)29-11(31)4-24;1-4(2)3/h3-12,18,21-36,44-48H,13-17,40H2,1-2H3,(H,41,49)(H,42,50);6-10,12-23,28,30,32-36H,2-5,24-27H2,1H3,(H,29,31);/t18?,21-,22?,23+,24?,25-,26?,27?,28+,29-,30?,31-,32?,33?,34+,35?,36-;6-,7?,8?,9+,10?,12-,13?,14?,15+,16?,17-,18?,19-,20?,21+,22?,23-;/m11./s1. The first-order chi connectivity index (χ1) is 49.5. The maximum Gasteiger partial charge on any atom is 0.410 e. The van der Waals surface area contributed by atoms with E-state index >= 15 is 0 Å². The van der Waals surface area contributed by atoms with Crippen molar-refractivity contribution in [2.75, 3.05) is 33.9 Å². The van der Waals surface area contributed by atoms with Gasteiger partial charge in [0.25, 0.3) is 0 Å². The molecule has 6 radical (unpaired) electrons. The van der Waals surface area contributed by atoms with Gasteiger partial charge in [-0.25, -0.2) is 14.4 Å². The molecule has 4 amide bonds. The fraction of sp³-hybridized carbons (Fsp3) is 0.742. The summed E-state index contributed by atoms with van der Waals surface area (Å²) < 4.78 is 76.8. The molecule has 2 aromatic carbocycles. The van der Waals surface area contributed by atoms with Crippen molar-refractivity contribution in [2.45, 2.75) is 248 Å². The Balaban J connectivity index is 0.000000243. The number of nitrogens with one attached hydrogen (secondary N) is 4. The van der Waals surface area contributed by atoms with Gasteiger partial charge in [-0.2, -0.15) is 0 Å². The number of hydrogen-bond donors (Lipinski definition) is 20. The molecule has 25 N–H and O–H groups in total. The van der Waals surface area contributed by atoms with Gasteiger partial charge in [0.1, 0.15) is 105 Å². The maximum absolute atomic E-state index is 13.2. The number of carbonyl (C=O) groups is 4. The van der Waals surface area contributed by atoms with Crippen LogP contribution in [-0.2, 0) is 79.6 Å². The number of aliphatic hydroxyl groups excluding tert-OH is 11. The third-order valence-electron chi connectivity index (χ3n) is 19.7. The number of alkyl carbamates (subject to hydrolysis) is 2. The van der Waals surface area contributed by atoms with Gasteiger partial charge in [-0.1, -0.05) is 67.6 Å². The molecule has 574 valence electrons. The van der Waals surface area contributed by atoms with Crippen LogP contribution in [0, 0.1) is 5.92 Å². The van der Waals surface area contributed by atoms with Crippen LogP contribution in [0.1, 0.15) is 43.7 Å². The largest absolute Gasteiger partial charge is 0.445 e. The smallest absolute Gasteiger partial charge is 0.410 e. The first-order valence-electron chi connectivity index (χ1n) is 34.2. The monoisotopic (exact) mass is 1470 g/mol. The van der Waals surface area contributed by atoms with Crippen LogP contribution in [0.15, 0.2) is 60.7 Å². The highest BCUT2D eigenvalue weighted by Gasteiger charge is 2.62. The van der Waals surface area contributed by atoms with Crippen LogP contribution in [0.3, 0.4) is 0 Å². The Morgan fingerprint density at radius 3 is 1.65 bits per heavy atom. The number of carbonyl (C=O) groups excluding carboxylic acids is 4. The SMILES string of the molecule is CC1C[C@@H]2OC(O[C@H]3OC(CO)[C@@H](N)[C@H](O)C3O)C3C(OC(=O)N3C)C2O[C@@H]1O[C@@H]1C(NC(=O)OCc2ccccc2)C[C@@H](NC(=O)OCc2ccccc2)C(O)[C@H]1O.CNC1C(O[C@H]2OC(CO)[C@@H](NC(=O)CN)[C@H](O)C2O)O[C@H]2CC(N)[C@@H](O[C@@H]3C(N)C[C@@H](N)C(O)[C@H]3O)OC2C1O.[B]B([B])[B]. The molecule has 2 saturated carbocycles. The molecule has 18 unspecified atom stereocenters. The fourth-order valence-corrected chi connectivity index (χ4v) is 14.0. The summed E-state index contributed by atoms with van der Waals surface area (Å²) in [4.78, 5) is 52.0. The molecule has 7 aliphatic heterocycles. The summed E-state index contributed by atoms with van der Waals surface area (Å²) in [5.41, 5.74) is 30.9. The molecule has 104 heavy (non-hydrogen) atoms. The number of aliphatic hydroxyl groups is 11. The van der Waals surface area contributed by atoms with Crippen LogP contribution in [0.25, 0.3) is 0 Å². The van der Waals surface area contributed by atoms with E-state index in [1.54, 1.807) is 55.5 Å². The molecule has 0 aromatic heterocycles. The molecular formula is C62H96B4N10O28. The molecule has 0 bridgehead atoms. The lowest BCUT2D eigenvalue weighted by Crippen LogP contribution is -2.70. The molecule has 34 atom stereocenters. The minimum absolute atomic E-state index is 0.0435. The van der Waals surface area contributed by atoms with Crippen LogP contribution in [0.5, 0.6) is 0 Å². The molecule has 0 spiro atoms. The number of rotatable bonds is 19. The molecule has 11 rings (SSSR count). The second-order valence-corrected chi connectivity index (χ2v) is 27.1. The summed E-state index contributed by atoms with van der Waals surface area (Å²) in [6, 6.07) is 9.46. The zero-order chi connectivity index (χ0) is 75.7. The Morgan fingerprint density at radius 2 is 1.07 bits per heavy atom. The summed E-state index contributed by atoms with van der Waals surface area (Å²) in [6.45, 7) is 0.122. The van der Waals surface area contributed by atoms with Crippen LogP contribution < -0.4 is 49.9 Å². The number of nitrogens with two attached hydrogens (primary N) is 5. The summed E-state index contributed by atoms with van der Waals surface area (Å²) in [6.07, 6.45) is -32.9. The van der Waals surface area contributed by atoms with Gasteiger partial charge in [0.2, 0.25) is 5.91 Å². The molecule has 9 fully saturated rings. The van der Waals surface area contributed by atoms with E-state index in [9.17, 15) is 75.3 Å². The molecule has 7 heterocycles. The van der Waals surface area contributed by atoms with Crippen LogP contribution in [-0.4, -0.2) is 351 Å². The predicted molar refractivity (Wildman–Crippen MR) is 357 cm³/mol. The zero-order valence-corrected chi connectivity index (χ0v) is 57.3. The first kappa shape index (κ1) is 82.9. The Labute approximate surface area is 602 Å². The van der Waals surface area contributed by atoms with Crippen molar-refractivity contribution in [2.24, 2.45) is 34.6 Å². The number of amides is 4. The highest BCUT2D eigenvalue weighted by molar-refractivity contribution is 7.49. The topological polar surface area (TPSA) is 592 Å². The summed E-state index contributed by atoms with van der Waals surface area (Å²) >= 11 is 0. The number of likely N-dealkylation sites (N-methyl/N-ethyl adjacent to an activating group) is 2. The number of ether oxygens (including phenoxy) is 13. The van der Waals surface area contributed by atoms with Gasteiger partial charge in [0, 0.05) is 54.6 Å². The highest BCUT2D eigenvalue weighted by atomic mass is 16.8. The lowest BCUT2D eigenvalue weighted by molar-refractivity contribution is -0.375. The van der Waals surface area contributed by atoms with E-state index in [1.807, 2.05) is 12.1 Å². The lowest BCUT2D eigenvalue weighted by atomic mass is 9.08. The van der Waals surface area contributed by atoms with Crippen molar-refractivity contribution in [3.8, 4) is 0 Å². The van der Waals surface area contributed by atoms with Crippen molar-refractivity contribution in [3.05, 3.63) is 71.8 Å². The zero-order valence-electron chi connectivity index (χ0n) is 57.3. The molecular weight excluding hydrogens is 1380 g/mol. The summed E-state index contributed by atoms with van der Waals surface area (Å²) in [5, 5.41) is 127. The number of nitrogens with zero attached hydrogens (tertiary/aromatic N) is 1. The van der Waals surface area contributed by atoms with Crippen molar-refractivity contribution >= 4 is 53.8 Å². The van der Waals surface area contributed by atoms with Crippen LogP contribution >= 0.6 is 0 Å².